The third kappa shape index (κ3) is 2.28. The molecule has 1 heterocycles. The van der Waals surface area contributed by atoms with E-state index in [9.17, 15) is 0 Å². The van der Waals surface area contributed by atoms with Crippen molar-refractivity contribution in [2.45, 2.75) is 27.3 Å². The molecule has 4 heteroatoms. The van der Waals surface area contributed by atoms with Crippen molar-refractivity contribution in [2.24, 2.45) is 0 Å². The van der Waals surface area contributed by atoms with Gasteiger partial charge in [0.15, 0.2) is 0 Å². The highest BCUT2D eigenvalue weighted by atomic mass is 35.5. The summed E-state index contributed by atoms with van der Waals surface area (Å²) in [5.74, 6) is 0.947. The largest absolute Gasteiger partial charge is 0.399 e. The molecule has 0 aliphatic heterocycles. The highest BCUT2D eigenvalue weighted by Gasteiger charge is 2.15. The number of halogens is 1. The summed E-state index contributed by atoms with van der Waals surface area (Å²) in [4.78, 5) is 4.79. The number of nitrogen functional groups attached to an aromatic ring is 1. The molecule has 0 aliphatic rings. The SMILES string of the molecule is CCn1c(-c2cc(N)cc(C)c2C)nc2ccc(Cl)cc21. The maximum atomic E-state index is 6.12. The summed E-state index contributed by atoms with van der Waals surface area (Å²) < 4.78 is 2.18. The number of rotatable bonds is 2. The van der Waals surface area contributed by atoms with Crippen LogP contribution in [0.5, 0.6) is 0 Å². The van der Waals surface area contributed by atoms with E-state index in [1.165, 1.54) is 11.1 Å². The molecule has 0 atom stereocenters. The lowest BCUT2D eigenvalue weighted by Gasteiger charge is -2.12. The predicted molar refractivity (Wildman–Crippen MR) is 89.7 cm³/mol. The Labute approximate surface area is 129 Å². The maximum absolute atomic E-state index is 6.12. The van der Waals surface area contributed by atoms with Crippen molar-refractivity contribution in [1.29, 1.82) is 0 Å². The molecular weight excluding hydrogens is 282 g/mol. The van der Waals surface area contributed by atoms with E-state index in [0.29, 0.717) is 0 Å². The number of hydrogen-bond acceptors (Lipinski definition) is 2. The first-order valence-corrected chi connectivity index (χ1v) is 7.42. The van der Waals surface area contributed by atoms with Crippen molar-refractivity contribution in [3.8, 4) is 11.4 Å². The number of hydrogen-bond donors (Lipinski definition) is 1. The van der Waals surface area contributed by atoms with Crippen molar-refractivity contribution in [2.75, 3.05) is 5.73 Å². The molecule has 2 N–H and O–H groups in total. The summed E-state index contributed by atoms with van der Waals surface area (Å²) in [6.07, 6.45) is 0. The fourth-order valence-electron chi connectivity index (χ4n) is 2.74. The Hall–Kier alpha value is -2.00. The lowest BCUT2D eigenvalue weighted by Crippen LogP contribution is -2.01. The molecule has 0 unspecified atom stereocenters. The molecular formula is C17H18ClN3. The van der Waals surface area contributed by atoms with Gasteiger partial charge in [0.25, 0.3) is 0 Å². The van der Waals surface area contributed by atoms with E-state index in [4.69, 9.17) is 22.3 Å². The van der Waals surface area contributed by atoms with Gasteiger partial charge in [0.2, 0.25) is 0 Å². The van der Waals surface area contributed by atoms with Gasteiger partial charge in [-0.3, -0.25) is 0 Å². The van der Waals surface area contributed by atoms with Crippen LogP contribution in [0.25, 0.3) is 22.4 Å². The van der Waals surface area contributed by atoms with Crippen LogP contribution in [0.1, 0.15) is 18.1 Å². The Morgan fingerprint density at radius 2 is 1.95 bits per heavy atom. The highest BCUT2D eigenvalue weighted by molar-refractivity contribution is 6.31. The van der Waals surface area contributed by atoms with E-state index in [2.05, 4.69) is 25.3 Å². The second-order valence-electron chi connectivity index (χ2n) is 5.32. The van der Waals surface area contributed by atoms with Crippen LogP contribution in [0.15, 0.2) is 30.3 Å². The molecule has 108 valence electrons. The first-order chi connectivity index (χ1) is 10.0. The van der Waals surface area contributed by atoms with Crippen molar-refractivity contribution in [3.05, 3.63) is 46.5 Å². The third-order valence-corrected chi connectivity index (χ3v) is 4.19. The van der Waals surface area contributed by atoms with Crippen LogP contribution in [-0.2, 0) is 6.54 Å². The number of benzene rings is 2. The summed E-state index contributed by atoms with van der Waals surface area (Å²) in [5.41, 5.74) is 12.3. The summed E-state index contributed by atoms with van der Waals surface area (Å²) in [6, 6.07) is 9.79. The third-order valence-electron chi connectivity index (χ3n) is 3.96. The van der Waals surface area contributed by atoms with Gasteiger partial charge in [-0.05, 0) is 62.2 Å². The molecule has 0 fully saturated rings. The first kappa shape index (κ1) is 14.0. The average Bonchev–Trinajstić information content (AvgIpc) is 2.80. The first-order valence-electron chi connectivity index (χ1n) is 7.04. The molecule has 0 bridgehead atoms. The van der Waals surface area contributed by atoms with E-state index in [0.717, 1.165) is 39.7 Å². The topological polar surface area (TPSA) is 43.8 Å². The van der Waals surface area contributed by atoms with Crippen molar-refractivity contribution in [1.82, 2.24) is 9.55 Å². The molecule has 0 saturated heterocycles. The van der Waals surface area contributed by atoms with Gasteiger partial charge < -0.3 is 10.3 Å². The number of imidazole rings is 1. The monoisotopic (exact) mass is 299 g/mol. The van der Waals surface area contributed by atoms with Crippen LogP contribution in [0.3, 0.4) is 0 Å². The molecule has 0 saturated carbocycles. The molecule has 3 nitrogen and oxygen atoms in total. The molecule has 2 aromatic carbocycles. The van der Waals surface area contributed by atoms with Crippen LogP contribution in [0, 0.1) is 13.8 Å². The zero-order chi connectivity index (χ0) is 15.1. The van der Waals surface area contributed by atoms with E-state index < -0.39 is 0 Å². The zero-order valence-corrected chi connectivity index (χ0v) is 13.2. The normalized spacial score (nSPS) is 11.2. The number of fused-ring (bicyclic) bond motifs is 1. The average molecular weight is 300 g/mol. The summed E-state index contributed by atoms with van der Waals surface area (Å²) in [6.45, 7) is 7.13. The van der Waals surface area contributed by atoms with Gasteiger partial charge >= 0.3 is 0 Å². The second kappa shape index (κ2) is 5.08. The summed E-state index contributed by atoms with van der Waals surface area (Å²) in [5, 5.41) is 0.726. The van der Waals surface area contributed by atoms with Gasteiger partial charge in [0, 0.05) is 22.8 Å². The predicted octanol–water partition coefficient (Wildman–Crippen LogP) is 4.58. The fraction of sp³-hybridized carbons (Fsp3) is 0.235. The smallest absolute Gasteiger partial charge is 0.141 e. The standard InChI is InChI=1S/C17H18ClN3/c1-4-21-16-8-12(18)5-6-15(16)20-17(21)14-9-13(19)7-10(2)11(14)3/h5-9H,4,19H2,1-3H3. The lowest BCUT2D eigenvalue weighted by atomic mass is 10.0. The van der Waals surface area contributed by atoms with Gasteiger partial charge in [-0.2, -0.15) is 0 Å². The minimum atomic E-state index is 0.726. The van der Waals surface area contributed by atoms with Crippen LogP contribution >= 0.6 is 11.6 Å². The molecule has 1 aromatic heterocycles. The van der Waals surface area contributed by atoms with Gasteiger partial charge in [-0.1, -0.05) is 11.6 Å². The minimum Gasteiger partial charge on any atom is -0.399 e. The number of aromatic nitrogens is 2. The molecule has 0 aliphatic carbocycles. The quantitative estimate of drug-likeness (QED) is 0.704. The Morgan fingerprint density at radius 3 is 2.67 bits per heavy atom. The number of nitrogens with two attached hydrogens (primary N) is 1. The molecule has 0 spiro atoms. The lowest BCUT2D eigenvalue weighted by molar-refractivity contribution is 0.795. The van der Waals surface area contributed by atoms with Crippen LogP contribution in [0.2, 0.25) is 5.02 Å². The second-order valence-corrected chi connectivity index (χ2v) is 5.76. The van der Waals surface area contributed by atoms with E-state index >= 15 is 0 Å². The summed E-state index contributed by atoms with van der Waals surface area (Å²) in [7, 11) is 0. The Balaban J connectivity index is 2.35. The van der Waals surface area contributed by atoms with Crippen molar-refractivity contribution in [3.63, 3.8) is 0 Å². The van der Waals surface area contributed by atoms with Crippen LogP contribution in [0.4, 0.5) is 5.69 Å². The van der Waals surface area contributed by atoms with E-state index in [-0.39, 0.29) is 0 Å². The fourth-order valence-corrected chi connectivity index (χ4v) is 2.91. The molecule has 21 heavy (non-hydrogen) atoms. The number of aryl methyl sites for hydroxylation is 2. The maximum Gasteiger partial charge on any atom is 0.141 e. The Kier molecular flexibility index (Phi) is 3.38. The summed E-state index contributed by atoms with van der Waals surface area (Å²) >= 11 is 6.12. The van der Waals surface area contributed by atoms with Crippen LogP contribution < -0.4 is 5.73 Å². The van der Waals surface area contributed by atoms with Gasteiger partial charge in [-0.25, -0.2) is 4.98 Å². The molecule has 3 rings (SSSR count). The minimum absolute atomic E-state index is 0.726. The van der Waals surface area contributed by atoms with Crippen molar-refractivity contribution < 1.29 is 0 Å². The highest BCUT2D eigenvalue weighted by Crippen LogP contribution is 2.31. The van der Waals surface area contributed by atoms with Gasteiger partial charge in [-0.15, -0.1) is 0 Å². The van der Waals surface area contributed by atoms with E-state index in [1.54, 1.807) is 0 Å². The zero-order valence-electron chi connectivity index (χ0n) is 12.4. The molecule has 3 aromatic rings. The number of nitrogens with zero attached hydrogens (tertiary/aromatic N) is 2. The number of anilines is 1. The molecule has 0 radical (unpaired) electrons. The van der Waals surface area contributed by atoms with E-state index in [1.807, 2.05) is 30.3 Å². The van der Waals surface area contributed by atoms with Gasteiger partial charge in [0.1, 0.15) is 5.82 Å². The van der Waals surface area contributed by atoms with Gasteiger partial charge in [0.05, 0.1) is 11.0 Å². The molecule has 0 amide bonds. The Bertz CT molecular complexity index is 834. The van der Waals surface area contributed by atoms with Crippen molar-refractivity contribution >= 4 is 28.3 Å². The van der Waals surface area contributed by atoms with Crippen LogP contribution in [-0.4, -0.2) is 9.55 Å². The Morgan fingerprint density at radius 1 is 1.19 bits per heavy atom.